The van der Waals surface area contributed by atoms with Crippen LogP contribution in [0.2, 0.25) is 0 Å². The van der Waals surface area contributed by atoms with Crippen molar-refractivity contribution in [1.29, 1.82) is 0 Å². The molecular formula is C18H13BrO5. The van der Waals surface area contributed by atoms with Crippen LogP contribution >= 0.6 is 15.9 Å². The zero-order chi connectivity index (χ0) is 17.1. The van der Waals surface area contributed by atoms with Gasteiger partial charge in [0.2, 0.25) is 0 Å². The summed E-state index contributed by atoms with van der Waals surface area (Å²) in [6, 6.07) is 13.3. The fraction of sp³-hybridized carbons (Fsp3) is 0.111. The third kappa shape index (κ3) is 3.49. The molecule has 0 aliphatic heterocycles. The van der Waals surface area contributed by atoms with E-state index in [0.717, 1.165) is 4.47 Å². The third-order valence-corrected chi connectivity index (χ3v) is 4.00. The molecule has 0 spiro atoms. The number of hydrogen-bond acceptors (Lipinski definition) is 5. The van der Waals surface area contributed by atoms with Crippen molar-refractivity contribution in [3.8, 4) is 5.75 Å². The molecule has 5 nitrogen and oxygen atoms in total. The van der Waals surface area contributed by atoms with Gasteiger partial charge in [-0.2, -0.15) is 0 Å². The van der Waals surface area contributed by atoms with Gasteiger partial charge < -0.3 is 13.9 Å². The molecule has 0 saturated carbocycles. The van der Waals surface area contributed by atoms with Crippen molar-refractivity contribution in [3.63, 3.8) is 0 Å². The molecule has 122 valence electrons. The summed E-state index contributed by atoms with van der Waals surface area (Å²) in [4.78, 5) is 23.8. The van der Waals surface area contributed by atoms with Gasteiger partial charge in [-0.25, -0.2) is 9.59 Å². The van der Waals surface area contributed by atoms with Crippen molar-refractivity contribution in [2.45, 2.75) is 6.61 Å². The zero-order valence-corrected chi connectivity index (χ0v) is 14.3. The molecule has 24 heavy (non-hydrogen) atoms. The molecule has 2 aromatic carbocycles. The Balaban J connectivity index is 1.85. The molecule has 0 unspecified atom stereocenters. The summed E-state index contributed by atoms with van der Waals surface area (Å²) in [6.45, 7) is -0.0245. The van der Waals surface area contributed by atoms with E-state index in [0.29, 0.717) is 27.8 Å². The van der Waals surface area contributed by atoms with Crippen molar-refractivity contribution in [2.24, 2.45) is 0 Å². The number of benzene rings is 2. The number of carbonyl (C=O) groups excluding carboxylic acids is 1. The first-order chi connectivity index (χ1) is 11.6. The van der Waals surface area contributed by atoms with Crippen LogP contribution in [0.25, 0.3) is 11.0 Å². The number of rotatable bonds is 4. The van der Waals surface area contributed by atoms with Crippen molar-refractivity contribution in [1.82, 2.24) is 0 Å². The number of halogens is 1. The predicted octanol–water partition coefficient (Wildman–Crippen LogP) is 3.92. The summed E-state index contributed by atoms with van der Waals surface area (Å²) in [5.41, 5.74) is 0.892. The molecule has 0 atom stereocenters. The third-order valence-electron chi connectivity index (χ3n) is 3.48. The summed E-state index contributed by atoms with van der Waals surface area (Å²) in [7, 11) is 1.53. The van der Waals surface area contributed by atoms with E-state index >= 15 is 0 Å². The maximum atomic E-state index is 12.1. The van der Waals surface area contributed by atoms with E-state index in [4.69, 9.17) is 13.9 Å². The van der Waals surface area contributed by atoms with Gasteiger partial charge in [-0.15, -0.1) is 0 Å². The predicted molar refractivity (Wildman–Crippen MR) is 92.3 cm³/mol. The van der Waals surface area contributed by atoms with E-state index in [1.165, 1.54) is 13.2 Å². The van der Waals surface area contributed by atoms with E-state index in [2.05, 4.69) is 15.9 Å². The number of esters is 1. The molecule has 1 aromatic heterocycles. The Morgan fingerprint density at radius 1 is 1.12 bits per heavy atom. The van der Waals surface area contributed by atoms with Gasteiger partial charge in [0.05, 0.1) is 12.7 Å². The molecule has 3 aromatic rings. The first kappa shape index (κ1) is 16.3. The molecule has 0 bridgehead atoms. The molecule has 0 aliphatic rings. The van der Waals surface area contributed by atoms with Gasteiger partial charge in [-0.3, -0.25) is 0 Å². The topological polar surface area (TPSA) is 65.7 Å². The Morgan fingerprint density at radius 2 is 1.88 bits per heavy atom. The maximum absolute atomic E-state index is 12.1. The summed E-state index contributed by atoms with van der Waals surface area (Å²) in [5.74, 6) is 0.118. The lowest BCUT2D eigenvalue weighted by molar-refractivity contribution is 0.0474. The van der Waals surface area contributed by atoms with Crippen molar-refractivity contribution < 1.29 is 18.7 Å². The average Bonchev–Trinajstić information content (AvgIpc) is 2.59. The van der Waals surface area contributed by atoms with Gasteiger partial charge in [0.25, 0.3) is 0 Å². The summed E-state index contributed by atoms with van der Waals surface area (Å²) >= 11 is 3.31. The second-order valence-electron chi connectivity index (χ2n) is 5.04. The second kappa shape index (κ2) is 6.88. The van der Waals surface area contributed by atoms with Crippen LogP contribution in [0.15, 0.2) is 62.2 Å². The highest BCUT2D eigenvalue weighted by Crippen LogP contribution is 2.23. The monoisotopic (exact) mass is 388 g/mol. The van der Waals surface area contributed by atoms with Crippen LogP contribution in [0.5, 0.6) is 5.75 Å². The maximum Gasteiger partial charge on any atom is 0.338 e. The van der Waals surface area contributed by atoms with Gasteiger partial charge in [-0.1, -0.05) is 15.9 Å². The normalized spacial score (nSPS) is 10.6. The van der Waals surface area contributed by atoms with Gasteiger partial charge in [0.15, 0.2) is 0 Å². The number of carbonyl (C=O) groups is 1. The SMILES string of the molecule is COc1ccc2c(COC(=O)c3ccc(Br)cc3)cc(=O)oc2c1. The molecule has 0 radical (unpaired) electrons. The highest BCUT2D eigenvalue weighted by Gasteiger charge is 2.11. The fourth-order valence-corrected chi connectivity index (χ4v) is 2.53. The number of methoxy groups -OCH3 is 1. The highest BCUT2D eigenvalue weighted by molar-refractivity contribution is 9.10. The molecule has 0 aliphatic carbocycles. The molecule has 1 heterocycles. The Bertz CT molecular complexity index is 944. The van der Waals surface area contributed by atoms with E-state index in [9.17, 15) is 9.59 Å². The second-order valence-corrected chi connectivity index (χ2v) is 5.95. The fourth-order valence-electron chi connectivity index (χ4n) is 2.27. The Kier molecular flexibility index (Phi) is 4.66. The zero-order valence-electron chi connectivity index (χ0n) is 12.7. The van der Waals surface area contributed by atoms with E-state index in [1.54, 1.807) is 42.5 Å². The Morgan fingerprint density at radius 3 is 2.58 bits per heavy atom. The first-order valence-electron chi connectivity index (χ1n) is 7.10. The van der Waals surface area contributed by atoms with Crippen LogP contribution < -0.4 is 10.4 Å². The number of hydrogen-bond donors (Lipinski definition) is 0. The van der Waals surface area contributed by atoms with Crippen molar-refractivity contribution in [2.75, 3.05) is 7.11 Å². The minimum Gasteiger partial charge on any atom is -0.497 e. The standard InChI is InChI=1S/C18H13BrO5/c1-22-14-6-7-15-12(8-17(20)24-16(15)9-14)10-23-18(21)11-2-4-13(19)5-3-11/h2-9H,10H2,1H3. The summed E-state index contributed by atoms with van der Waals surface area (Å²) in [6.07, 6.45) is 0. The van der Waals surface area contributed by atoms with Crippen LogP contribution in [0.3, 0.4) is 0 Å². The average molecular weight is 389 g/mol. The van der Waals surface area contributed by atoms with Crippen LogP contribution in [0.4, 0.5) is 0 Å². The summed E-state index contributed by atoms with van der Waals surface area (Å²) in [5, 5.41) is 0.694. The van der Waals surface area contributed by atoms with Gasteiger partial charge in [0, 0.05) is 27.6 Å². The summed E-state index contributed by atoms with van der Waals surface area (Å²) < 4.78 is 16.5. The lowest BCUT2D eigenvalue weighted by Gasteiger charge is -2.08. The number of ether oxygens (including phenoxy) is 2. The van der Waals surface area contributed by atoms with Gasteiger partial charge in [0.1, 0.15) is 17.9 Å². The lowest BCUT2D eigenvalue weighted by atomic mass is 10.1. The van der Waals surface area contributed by atoms with E-state index in [1.807, 2.05) is 0 Å². The first-order valence-corrected chi connectivity index (χ1v) is 7.89. The number of fused-ring (bicyclic) bond motifs is 1. The van der Waals surface area contributed by atoms with Gasteiger partial charge >= 0.3 is 11.6 Å². The van der Waals surface area contributed by atoms with Crippen molar-refractivity contribution >= 4 is 32.9 Å². The van der Waals surface area contributed by atoms with Crippen LogP contribution in [-0.4, -0.2) is 13.1 Å². The molecule has 3 rings (SSSR count). The molecule has 0 amide bonds. The minimum absolute atomic E-state index is 0.0245. The quantitative estimate of drug-likeness (QED) is 0.500. The van der Waals surface area contributed by atoms with E-state index < -0.39 is 11.6 Å². The van der Waals surface area contributed by atoms with E-state index in [-0.39, 0.29) is 6.61 Å². The molecule has 6 heteroatoms. The largest absolute Gasteiger partial charge is 0.497 e. The Hall–Kier alpha value is -2.60. The van der Waals surface area contributed by atoms with Crippen LogP contribution in [-0.2, 0) is 11.3 Å². The highest BCUT2D eigenvalue weighted by atomic mass is 79.9. The van der Waals surface area contributed by atoms with Crippen molar-refractivity contribution in [3.05, 3.63) is 74.6 Å². The smallest absolute Gasteiger partial charge is 0.338 e. The lowest BCUT2D eigenvalue weighted by Crippen LogP contribution is -2.08. The van der Waals surface area contributed by atoms with Gasteiger partial charge in [-0.05, 0) is 36.4 Å². The minimum atomic E-state index is -0.509. The molecule has 0 fully saturated rings. The van der Waals surface area contributed by atoms with Crippen LogP contribution in [0, 0.1) is 0 Å². The molecule has 0 N–H and O–H groups in total. The Labute approximate surface area is 145 Å². The molecule has 0 saturated heterocycles. The molecular weight excluding hydrogens is 376 g/mol. The van der Waals surface area contributed by atoms with Crippen LogP contribution in [0.1, 0.15) is 15.9 Å².